The van der Waals surface area contributed by atoms with Crippen LogP contribution in [0.1, 0.15) is 16.7 Å². The Labute approximate surface area is 163 Å². The number of carbonyl (C=O) groups excluding carboxylic acids is 1. The molecule has 8 heteroatoms. The van der Waals surface area contributed by atoms with E-state index in [4.69, 9.17) is 9.47 Å². The predicted octanol–water partition coefficient (Wildman–Crippen LogP) is 1.38. The van der Waals surface area contributed by atoms with Crippen LogP contribution in [0.5, 0.6) is 11.5 Å². The molecule has 1 fully saturated rings. The van der Waals surface area contributed by atoms with Gasteiger partial charge in [0.2, 0.25) is 5.95 Å². The maximum absolute atomic E-state index is 12.7. The molecular formula is C20H23N5O3. The molecule has 1 N–H and O–H groups in total. The fourth-order valence-electron chi connectivity index (χ4n) is 4.11. The minimum atomic E-state index is -0.0445. The fraction of sp³-hybridized carbons (Fsp3) is 0.450. The first-order valence-electron chi connectivity index (χ1n) is 9.77. The molecule has 2 aromatic rings. The highest BCUT2D eigenvalue weighted by Gasteiger charge is 2.28. The Morgan fingerprint density at radius 3 is 2.68 bits per heavy atom. The van der Waals surface area contributed by atoms with Crippen LogP contribution in [0.4, 0.5) is 10.7 Å². The molecule has 1 aromatic heterocycles. The number of amides is 2. The molecule has 5 rings (SSSR count). The van der Waals surface area contributed by atoms with Crippen LogP contribution in [0, 0.1) is 0 Å². The molecule has 0 bridgehead atoms. The average Bonchev–Trinajstić information content (AvgIpc) is 3.41. The van der Waals surface area contributed by atoms with Gasteiger partial charge in [-0.25, -0.2) is 14.8 Å². The molecule has 3 aliphatic heterocycles. The number of nitrogens with zero attached hydrogens (tertiary/aromatic N) is 4. The van der Waals surface area contributed by atoms with E-state index in [0.717, 1.165) is 48.9 Å². The number of anilines is 1. The molecule has 3 aliphatic rings. The van der Waals surface area contributed by atoms with Gasteiger partial charge < -0.3 is 24.6 Å². The van der Waals surface area contributed by atoms with E-state index >= 15 is 0 Å². The van der Waals surface area contributed by atoms with Crippen molar-refractivity contribution in [3.63, 3.8) is 0 Å². The van der Waals surface area contributed by atoms with Gasteiger partial charge in [0, 0.05) is 74.6 Å². The van der Waals surface area contributed by atoms with Crippen LogP contribution in [-0.2, 0) is 19.4 Å². The number of nitrogens with one attached hydrogen (secondary N) is 1. The minimum absolute atomic E-state index is 0.0445. The number of benzene rings is 1. The van der Waals surface area contributed by atoms with Crippen LogP contribution in [0.3, 0.4) is 0 Å². The van der Waals surface area contributed by atoms with Crippen molar-refractivity contribution in [1.82, 2.24) is 20.2 Å². The molecule has 1 aromatic carbocycles. The molecule has 0 unspecified atom stereocenters. The van der Waals surface area contributed by atoms with Gasteiger partial charge in [0.15, 0.2) is 0 Å². The number of urea groups is 1. The number of hydrogen-bond donors (Lipinski definition) is 1. The van der Waals surface area contributed by atoms with E-state index in [0.29, 0.717) is 32.8 Å². The summed E-state index contributed by atoms with van der Waals surface area (Å²) in [6.07, 6.45) is 5.25. The summed E-state index contributed by atoms with van der Waals surface area (Å²) in [6, 6.07) is 3.86. The second kappa shape index (κ2) is 7.18. The molecule has 0 atom stereocenters. The van der Waals surface area contributed by atoms with Crippen molar-refractivity contribution >= 4 is 12.0 Å². The van der Waals surface area contributed by atoms with Crippen molar-refractivity contribution < 1.29 is 14.3 Å². The summed E-state index contributed by atoms with van der Waals surface area (Å²) in [7, 11) is 0. The lowest BCUT2D eigenvalue weighted by Gasteiger charge is -2.34. The van der Waals surface area contributed by atoms with Crippen LogP contribution >= 0.6 is 0 Å². The lowest BCUT2D eigenvalue weighted by atomic mass is 9.99. The quantitative estimate of drug-likeness (QED) is 0.865. The highest BCUT2D eigenvalue weighted by atomic mass is 16.5. The summed E-state index contributed by atoms with van der Waals surface area (Å²) in [4.78, 5) is 25.2. The molecule has 0 saturated carbocycles. The second-order valence-corrected chi connectivity index (χ2v) is 7.20. The van der Waals surface area contributed by atoms with E-state index in [9.17, 15) is 4.79 Å². The Balaban J connectivity index is 1.22. The molecule has 0 radical (unpaired) electrons. The maximum atomic E-state index is 12.7. The summed E-state index contributed by atoms with van der Waals surface area (Å²) < 4.78 is 11.6. The lowest BCUT2D eigenvalue weighted by molar-refractivity contribution is 0.193. The minimum Gasteiger partial charge on any atom is -0.493 e. The van der Waals surface area contributed by atoms with Crippen LogP contribution in [-0.4, -0.2) is 60.3 Å². The largest absolute Gasteiger partial charge is 0.493 e. The Kier molecular flexibility index (Phi) is 4.38. The maximum Gasteiger partial charge on any atom is 0.317 e. The molecule has 1 saturated heterocycles. The first-order valence-corrected chi connectivity index (χ1v) is 9.77. The van der Waals surface area contributed by atoms with Crippen molar-refractivity contribution in [3.8, 4) is 11.5 Å². The molecule has 0 spiro atoms. The average molecular weight is 381 g/mol. The first-order chi connectivity index (χ1) is 13.8. The third kappa shape index (κ3) is 3.08. The number of fused-ring (bicyclic) bond motifs is 2. The van der Waals surface area contributed by atoms with E-state index in [1.54, 1.807) is 18.5 Å². The standard InChI is InChI=1S/C20H23N5O3/c26-20(25-8-6-24(7-9-25)19-21-4-1-5-22-19)23-13-16-15-3-11-27-17(15)12-14-2-10-28-18(14)16/h1,4-5,12H,2-3,6-11,13H2,(H,23,26). The van der Waals surface area contributed by atoms with Gasteiger partial charge in [0.05, 0.1) is 13.2 Å². The summed E-state index contributed by atoms with van der Waals surface area (Å²) >= 11 is 0. The van der Waals surface area contributed by atoms with E-state index in [-0.39, 0.29) is 6.03 Å². The van der Waals surface area contributed by atoms with Gasteiger partial charge in [-0.1, -0.05) is 0 Å². The van der Waals surface area contributed by atoms with E-state index in [2.05, 4.69) is 26.3 Å². The number of carbonyl (C=O) groups is 1. The zero-order valence-electron chi connectivity index (χ0n) is 15.7. The Morgan fingerprint density at radius 2 is 1.86 bits per heavy atom. The molecule has 8 nitrogen and oxygen atoms in total. The summed E-state index contributed by atoms with van der Waals surface area (Å²) in [5, 5.41) is 3.08. The second-order valence-electron chi connectivity index (χ2n) is 7.20. The van der Waals surface area contributed by atoms with Gasteiger partial charge >= 0.3 is 6.03 Å². The normalized spacial score (nSPS) is 17.6. The number of ether oxygens (including phenoxy) is 2. The van der Waals surface area contributed by atoms with Crippen LogP contribution in [0.2, 0.25) is 0 Å². The molecule has 4 heterocycles. The summed E-state index contributed by atoms with van der Waals surface area (Å²) in [5.74, 6) is 2.61. The third-order valence-corrected chi connectivity index (χ3v) is 5.58. The van der Waals surface area contributed by atoms with E-state index in [1.165, 1.54) is 11.1 Å². The number of piperazine rings is 1. The van der Waals surface area contributed by atoms with Crippen molar-refractivity contribution in [2.24, 2.45) is 0 Å². The Hall–Kier alpha value is -3.03. The van der Waals surface area contributed by atoms with E-state index in [1.807, 2.05) is 4.90 Å². The van der Waals surface area contributed by atoms with Crippen molar-refractivity contribution in [3.05, 3.63) is 41.2 Å². The van der Waals surface area contributed by atoms with Gasteiger partial charge in [0.1, 0.15) is 11.5 Å². The first kappa shape index (κ1) is 17.1. The molecular weight excluding hydrogens is 358 g/mol. The monoisotopic (exact) mass is 381 g/mol. The Bertz CT molecular complexity index is 849. The van der Waals surface area contributed by atoms with Gasteiger partial charge in [-0.15, -0.1) is 0 Å². The van der Waals surface area contributed by atoms with Gasteiger partial charge in [0.25, 0.3) is 0 Å². The molecule has 28 heavy (non-hydrogen) atoms. The summed E-state index contributed by atoms with van der Waals surface area (Å²) in [5.41, 5.74) is 3.43. The topological polar surface area (TPSA) is 79.8 Å². The third-order valence-electron chi connectivity index (χ3n) is 5.58. The van der Waals surface area contributed by atoms with Gasteiger partial charge in [-0.3, -0.25) is 0 Å². The van der Waals surface area contributed by atoms with Crippen molar-refractivity contribution in [1.29, 1.82) is 0 Å². The number of rotatable bonds is 3. The van der Waals surface area contributed by atoms with Crippen molar-refractivity contribution in [2.45, 2.75) is 19.4 Å². The lowest BCUT2D eigenvalue weighted by Crippen LogP contribution is -2.52. The van der Waals surface area contributed by atoms with Crippen LogP contribution < -0.4 is 19.7 Å². The SMILES string of the molecule is O=C(NCc1c2c(cc3c1OCC3)OCC2)N1CCN(c2ncccn2)CC1. The number of hydrogen-bond acceptors (Lipinski definition) is 6. The fourth-order valence-corrected chi connectivity index (χ4v) is 4.11. The zero-order chi connectivity index (χ0) is 18.9. The zero-order valence-corrected chi connectivity index (χ0v) is 15.7. The highest BCUT2D eigenvalue weighted by Crippen LogP contribution is 2.40. The molecule has 146 valence electrons. The van der Waals surface area contributed by atoms with Crippen molar-refractivity contribution in [2.75, 3.05) is 44.3 Å². The van der Waals surface area contributed by atoms with Gasteiger partial charge in [-0.2, -0.15) is 0 Å². The Morgan fingerprint density at radius 1 is 1.07 bits per heavy atom. The van der Waals surface area contributed by atoms with E-state index < -0.39 is 0 Å². The smallest absolute Gasteiger partial charge is 0.317 e. The number of aromatic nitrogens is 2. The highest BCUT2D eigenvalue weighted by molar-refractivity contribution is 5.75. The van der Waals surface area contributed by atoms with Crippen LogP contribution in [0.25, 0.3) is 0 Å². The molecule has 2 amide bonds. The van der Waals surface area contributed by atoms with Crippen LogP contribution in [0.15, 0.2) is 24.5 Å². The predicted molar refractivity (Wildman–Crippen MR) is 103 cm³/mol. The summed E-state index contributed by atoms with van der Waals surface area (Å²) in [6.45, 7) is 4.61. The van der Waals surface area contributed by atoms with Gasteiger partial charge in [-0.05, 0) is 12.1 Å². The molecule has 0 aliphatic carbocycles.